The van der Waals surface area contributed by atoms with E-state index in [9.17, 15) is 9.59 Å². The summed E-state index contributed by atoms with van der Waals surface area (Å²) in [5.41, 5.74) is 1.00. The molecule has 0 unspecified atom stereocenters. The van der Waals surface area contributed by atoms with Crippen molar-refractivity contribution in [2.45, 2.75) is 5.88 Å². The highest BCUT2D eigenvalue weighted by atomic mass is 35.5. The van der Waals surface area contributed by atoms with Crippen molar-refractivity contribution in [1.29, 1.82) is 0 Å². The third-order valence-electron chi connectivity index (χ3n) is 2.62. The highest BCUT2D eigenvalue weighted by Gasteiger charge is 2.34. The molecule has 0 bridgehead atoms. The molecule has 0 N–H and O–H groups in total. The summed E-state index contributed by atoms with van der Waals surface area (Å²) in [6.07, 6.45) is 0. The minimum Gasteiger partial charge on any atom is -0.439 e. The van der Waals surface area contributed by atoms with Crippen molar-refractivity contribution in [3.63, 3.8) is 0 Å². The first-order chi connectivity index (χ1) is 8.22. The van der Waals surface area contributed by atoms with Crippen LogP contribution in [0.15, 0.2) is 28.7 Å². The molecule has 0 radical (unpaired) electrons. The molecular formula is C12H6ClNO3. The van der Waals surface area contributed by atoms with Gasteiger partial charge in [0, 0.05) is 11.1 Å². The highest BCUT2D eigenvalue weighted by Crippen LogP contribution is 2.33. The number of carbonyl (C=O) groups excluding carboxylic acids is 2. The summed E-state index contributed by atoms with van der Waals surface area (Å²) < 4.78 is 5.38. The van der Waals surface area contributed by atoms with Crippen molar-refractivity contribution in [3.05, 3.63) is 41.4 Å². The molecule has 4 nitrogen and oxygen atoms in total. The van der Waals surface area contributed by atoms with Crippen LogP contribution < -0.4 is 0 Å². The Labute approximate surface area is 101 Å². The predicted octanol–water partition coefficient (Wildman–Crippen LogP) is 2.46. The van der Waals surface area contributed by atoms with Crippen LogP contribution in [0, 0.1) is 0 Å². The minimum atomic E-state index is -0.640. The van der Waals surface area contributed by atoms with Crippen LogP contribution in [0.3, 0.4) is 0 Å². The average molecular weight is 248 g/mol. The van der Waals surface area contributed by atoms with E-state index in [1.165, 1.54) is 0 Å². The molecule has 1 aliphatic carbocycles. The zero-order valence-electron chi connectivity index (χ0n) is 8.57. The first kappa shape index (κ1) is 10.2. The van der Waals surface area contributed by atoms with E-state index in [0.29, 0.717) is 16.9 Å². The van der Waals surface area contributed by atoms with Gasteiger partial charge < -0.3 is 4.42 Å². The lowest BCUT2D eigenvalue weighted by atomic mass is 9.91. The standard InChI is InChI=1S/C12H6ClNO3/c13-5-8-14-9-11(16)10(15)6-3-1-2-4-7(6)12(9)17-8/h1-4H,5H2. The lowest BCUT2D eigenvalue weighted by Gasteiger charge is -2.10. The number of nitrogens with zero attached hydrogens (tertiary/aromatic N) is 1. The lowest BCUT2D eigenvalue weighted by molar-refractivity contribution is 0.0812. The predicted molar refractivity (Wildman–Crippen MR) is 60.2 cm³/mol. The third-order valence-corrected chi connectivity index (χ3v) is 2.85. The molecule has 17 heavy (non-hydrogen) atoms. The molecule has 5 heteroatoms. The van der Waals surface area contributed by atoms with Gasteiger partial charge in [0.1, 0.15) is 0 Å². The largest absolute Gasteiger partial charge is 0.439 e. The van der Waals surface area contributed by atoms with E-state index in [0.717, 1.165) is 0 Å². The Morgan fingerprint density at radius 2 is 1.82 bits per heavy atom. The van der Waals surface area contributed by atoms with Crippen LogP contribution in [0.4, 0.5) is 0 Å². The van der Waals surface area contributed by atoms with Crippen molar-refractivity contribution >= 4 is 23.2 Å². The summed E-state index contributed by atoms with van der Waals surface area (Å²) in [6, 6.07) is 6.80. The molecule has 1 heterocycles. The number of hydrogen-bond acceptors (Lipinski definition) is 4. The van der Waals surface area contributed by atoms with Gasteiger partial charge in [0.15, 0.2) is 11.5 Å². The number of rotatable bonds is 1. The Bertz CT molecular complexity index is 645. The van der Waals surface area contributed by atoms with Crippen molar-refractivity contribution in [1.82, 2.24) is 4.98 Å². The first-order valence-corrected chi connectivity index (χ1v) is 5.50. The SMILES string of the molecule is O=C1C(=O)c2nc(CCl)oc2-c2ccccc21. The molecule has 1 aromatic carbocycles. The van der Waals surface area contributed by atoms with Gasteiger partial charge in [0.05, 0.1) is 5.88 Å². The molecular weight excluding hydrogens is 242 g/mol. The van der Waals surface area contributed by atoms with Crippen LogP contribution in [0.1, 0.15) is 26.7 Å². The van der Waals surface area contributed by atoms with Crippen molar-refractivity contribution in [3.8, 4) is 11.3 Å². The van der Waals surface area contributed by atoms with Gasteiger partial charge in [-0.2, -0.15) is 0 Å². The second-order valence-electron chi connectivity index (χ2n) is 3.62. The van der Waals surface area contributed by atoms with E-state index in [4.69, 9.17) is 16.0 Å². The van der Waals surface area contributed by atoms with Crippen LogP contribution in [0.25, 0.3) is 11.3 Å². The van der Waals surface area contributed by atoms with Gasteiger partial charge in [0.2, 0.25) is 11.7 Å². The number of benzene rings is 1. The molecule has 0 amide bonds. The summed E-state index contributed by atoms with van der Waals surface area (Å²) in [5, 5.41) is 0. The lowest BCUT2D eigenvalue weighted by Crippen LogP contribution is -2.20. The Morgan fingerprint density at radius 1 is 1.12 bits per heavy atom. The van der Waals surface area contributed by atoms with Crippen molar-refractivity contribution < 1.29 is 14.0 Å². The second-order valence-corrected chi connectivity index (χ2v) is 3.89. The molecule has 0 aliphatic heterocycles. The Kier molecular flexibility index (Phi) is 2.12. The molecule has 0 spiro atoms. The first-order valence-electron chi connectivity index (χ1n) is 4.96. The Hall–Kier alpha value is -1.94. The highest BCUT2D eigenvalue weighted by molar-refractivity contribution is 6.52. The van der Waals surface area contributed by atoms with Crippen molar-refractivity contribution in [2.75, 3.05) is 0 Å². The number of hydrogen-bond donors (Lipinski definition) is 0. The maximum absolute atomic E-state index is 11.8. The van der Waals surface area contributed by atoms with Crippen molar-refractivity contribution in [2.24, 2.45) is 0 Å². The Balaban J connectivity index is 2.34. The van der Waals surface area contributed by atoms with Crippen LogP contribution in [0.5, 0.6) is 0 Å². The van der Waals surface area contributed by atoms with E-state index in [1.54, 1.807) is 24.3 Å². The molecule has 0 saturated heterocycles. The monoisotopic (exact) mass is 247 g/mol. The molecule has 2 aromatic rings. The van der Waals surface area contributed by atoms with Crippen LogP contribution in [0.2, 0.25) is 0 Å². The number of halogens is 1. The average Bonchev–Trinajstić information content (AvgIpc) is 2.80. The number of oxazole rings is 1. The number of ketones is 2. The number of Topliss-reactive ketones (excluding diaryl/α,β-unsaturated/α-hetero) is 2. The molecule has 0 saturated carbocycles. The molecule has 0 atom stereocenters. The zero-order valence-corrected chi connectivity index (χ0v) is 9.32. The summed E-state index contributed by atoms with van der Waals surface area (Å²) in [5.74, 6) is -0.548. The maximum atomic E-state index is 11.8. The zero-order chi connectivity index (χ0) is 12.0. The van der Waals surface area contributed by atoms with E-state index in [2.05, 4.69) is 4.98 Å². The fourth-order valence-corrected chi connectivity index (χ4v) is 1.98. The summed E-state index contributed by atoms with van der Waals surface area (Å²) in [6.45, 7) is 0. The van der Waals surface area contributed by atoms with Crippen LogP contribution in [-0.2, 0) is 5.88 Å². The smallest absolute Gasteiger partial charge is 0.255 e. The van der Waals surface area contributed by atoms with Gasteiger partial charge in [0.25, 0.3) is 5.78 Å². The summed E-state index contributed by atoms with van der Waals surface area (Å²) in [7, 11) is 0. The fourth-order valence-electron chi connectivity index (χ4n) is 1.87. The van der Waals surface area contributed by atoms with Gasteiger partial charge in [-0.3, -0.25) is 9.59 Å². The number of fused-ring (bicyclic) bond motifs is 3. The van der Waals surface area contributed by atoms with E-state index in [1.807, 2.05) is 0 Å². The minimum absolute atomic E-state index is 0.0596. The van der Waals surface area contributed by atoms with E-state index in [-0.39, 0.29) is 17.5 Å². The maximum Gasteiger partial charge on any atom is 0.255 e. The third kappa shape index (κ3) is 1.34. The number of carbonyl (C=O) groups is 2. The molecule has 1 aliphatic rings. The molecule has 1 aromatic heterocycles. The van der Waals surface area contributed by atoms with Gasteiger partial charge in [-0.1, -0.05) is 24.3 Å². The summed E-state index contributed by atoms with van der Waals surface area (Å²) in [4.78, 5) is 27.5. The summed E-state index contributed by atoms with van der Waals surface area (Å²) >= 11 is 5.61. The fraction of sp³-hybridized carbons (Fsp3) is 0.0833. The van der Waals surface area contributed by atoms with E-state index < -0.39 is 11.6 Å². The second kappa shape index (κ2) is 3.53. The Morgan fingerprint density at radius 3 is 2.53 bits per heavy atom. The molecule has 84 valence electrons. The van der Waals surface area contributed by atoms with E-state index >= 15 is 0 Å². The van der Waals surface area contributed by atoms with Gasteiger partial charge in [-0.05, 0) is 0 Å². The topological polar surface area (TPSA) is 60.2 Å². The van der Waals surface area contributed by atoms with Gasteiger partial charge in [-0.15, -0.1) is 11.6 Å². The quantitative estimate of drug-likeness (QED) is 0.574. The molecule has 3 rings (SSSR count). The normalized spacial score (nSPS) is 13.5. The van der Waals surface area contributed by atoms with Crippen LogP contribution in [-0.4, -0.2) is 16.6 Å². The van der Waals surface area contributed by atoms with Crippen LogP contribution >= 0.6 is 11.6 Å². The van der Waals surface area contributed by atoms with Gasteiger partial charge in [-0.25, -0.2) is 4.98 Å². The number of aromatic nitrogens is 1. The van der Waals surface area contributed by atoms with Gasteiger partial charge >= 0.3 is 0 Å². The molecule has 0 fully saturated rings. The number of alkyl halides is 1.